The molecule has 1 aromatic heterocycles. The third-order valence-corrected chi connectivity index (χ3v) is 3.95. The van der Waals surface area contributed by atoms with E-state index in [-0.39, 0.29) is 6.04 Å². The maximum absolute atomic E-state index is 8.91. The van der Waals surface area contributed by atoms with Gasteiger partial charge >= 0.3 is 0 Å². The molecule has 1 aromatic carbocycles. The Bertz CT molecular complexity index is 658. The van der Waals surface area contributed by atoms with E-state index in [4.69, 9.17) is 10.00 Å². The zero-order chi connectivity index (χ0) is 14.7. The third kappa shape index (κ3) is 2.91. The van der Waals surface area contributed by atoms with Gasteiger partial charge in [0, 0.05) is 10.9 Å². The van der Waals surface area contributed by atoms with Crippen LogP contribution in [-0.4, -0.2) is 12.1 Å². The summed E-state index contributed by atoms with van der Waals surface area (Å²) in [5.74, 6) is 0.667. The van der Waals surface area contributed by atoms with Crippen LogP contribution in [0.4, 0.5) is 5.69 Å². The minimum atomic E-state index is 0.0850. The number of hydrogen-bond acceptors (Lipinski definition) is 5. The van der Waals surface area contributed by atoms with Crippen LogP contribution in [0.15, 0.2) is 18.2 Å². The number of thiazole rings is 1. The van der Waals surface area contributed by atoms with E-state index in [9.17, 15) is 0 Å². The molecule has 0 fully saturated rings. The summed E-state index contributed by atoms with van der Waals surface area (Å²) in [4.78, 5) is 5.78. The molecule has 0 aliphatic rings. The second-order valence-corrected chi connectivity index (χ2v) is 5.97. The smallest absolute Gasteiger partial charge is 0.143 e. The van der Waals surface area contributed by atoms with Crippen LogP contribution >= 0.6 is 11.3 Å². The fourth-order valence-corrected chi connectivity index (χ4v) is 3.04. The molecular weight excluding hydrogens is 270 g/mol. The van der Waals surface area contributed by atoms with Crippen LogP contribution < -0.4 is 10.1 Å². The Morgan fingerprint density at radius 2 is 2.15 bits per heavy atom. The molecule has 1 N–H and O–H groups in total. The van der Waals surface area contributed by atoms with Crippen LogP contribution in [0.2, 0.25) is 0 Å². The normalized spacial score (nSPS) is 11.8. The van der Waals surface area contributed by atoms with Crippen LogP contribution in [0.25, 0.3) is 0 Å². The first kappa shape index (κ1) is 14.4. The van der Waals surface area contributed by atoms with Gasteiger partial charge in [0.05, 0.1) is 41.2 Å². The summed E-state index contributed by atoms with van der Waals surface area (Å²) >= 11 is 1.70. The molecule has 0 aliphatic carbocycles. The van der Waals surface area contributed by atoms with Crippen molar-refractivity contribution in [2.75, 3.05) is 12.4 Å². The minimum absolute atomic E-state index is 0.0850. The standard InChI is InChI=1S/C15H17N3OS/c1-9(15-10(2)20-11(3)18-15)17-13-6-5-12(8-16)7-14(13)19-4/h5-7,9,17H,1-4H3. The first-order valence-electron chi connectivity index (χ1n) is 6.33. The van der Waals surface area contributed by atoms with Crippen molar-refractivity contribution in [1.29, 1.82) is 5.26 Å². The molecular formula is C15H17N3OS. The molecule has 1 unspecified atom stereocenters. The SMILES string of the molecule is COc1cc(C#N)ccc1NC(C)c1nc(C)sc1C. The minimum Gasteiger partial charge on any atom is -0.495 e. The topological polar surface area (TPSA) is 57.9 Å². The van der Waals surface area contributed by atoms with E-state index in [0.29, 0.717) is 11.3 Å². The fraction of sp³-hybridized carbons (Fsp3) is 0.333. The Morgan fingerprint density at radius 1 is 1.40 bits per heavy atom. The highest BCUT2D eigenvalue weighted by atomic mass is 32.1. The summed E-state index contributed by atoms with van der Waals surface area (Å²) in [5, 5.41) is 13.4. The van der Waals surface area contributed by atoms with Crippen molar-refractivity contribution in [3.8, 4) is 11.8 Å². The summed E-state index contributed by atoms with van der Waals surface area (Å²) in [6.45, 7) is 6.16. The highest BCUT2D eigenvalue weighted by Gasteiger charge is 2.15. The second-order valence-electron chi connectivity index (χ2n) is 4.57. The van der Waals surface area contributed by atoms with Crippen molar-refractivity contribution in [2.45, 2.75) is 26.8 Å². The highest BCUT2D eigenvalue weighted by molar-refractivity contribution is 7.11. The van der Waals surface area contributed by atoms with Crippen LogP contribution in [0.5, 0.6) is 5.75 Å². The van der Waals surface area contributed by atoms with Gasteiger partial charge in [-0.15, -0.1) is 11.3 Å². The number of nitriles is 1. The molecule has 0 spiro atoms. The zero-order valence-corrected chi connectivity index (χ0v) is 12.8. The van der Waals surface area contributed by atoms with Crippen molar-refractivity contribution in [1.82, 2.24) is 4.98 Å². The van der Waals surface area contributed by atoms with Crippen molar-refractivity contribution in [3.05, 3.63) is 39.3 Å². The van der Waals surface area contributed by atoms with Crippen LogP contribution in [0, 0.1) is 25.2 Å². The van der Waals surface area contributed by atoms with Gasteiger partial charge in [-0.05, 0) is 32.9 Å². The molecule has 20 heavy (non-hydrogen) atoms. The second kappa shape index (κ2) is 5.93. The molecule has 0 saturated heterocycles. The summed E-state index contributed by atoms with van der Waals surface area (Å²) < 4.78 is 5.33. The van der Waals surface area contributed by atoms with Gasteiger partial charge in [0.25, 0.3) is 0 Å². The van der Waals surface area contributed by atoms with Gasteiger partial charge in [-0.2, -0.15) is 5.26 Å². The molecule has 0 bridgehead atoms. The summed E-state index contributed by atoms with van der Waals surface area (Å²) in [7, 11) is 1.60. The quantitative estimate of drug-likeness (QED) is 0.929. The molecule has 0 aliphatic heterocycles. The zero-order valence-electron chi connectivity index (χ0n) is 12.0. The lowest BCUT2D eigenvalue weighted by Crippen LogP contribution is -2.09. The van der Waals surface area contributed by atoms with E-state index < -0.39 is 0 Å². The van der Waals surface area contributed by atoms with E-state index in [1.165, 1.54) is 4.88 Å². The number of benzene rings is 1. The average Bonchev–Trinajstić information content (AvgIpc) is 2.78. The third-order valence-electron chi connectivity index (χ3n) is 3.05. The fourth-order valence-electron chi connectivity index (χ4n) is 2.13. The Hall–Kier alpha value is -2.06. The number of nitrogens with zero attached hydrogens (tertiary/aromatic N) is 2. The number of rotatable bonds is 4. The van der Waals surface area contributed by atoms with Crippen molar-refractivity contribution in [2.24, 2.45) is 0 Å². The molecule has 0 amide bonds. The number of aryl methyl sites for hydroxylation is 2. The van der Waals surface area contributed by atoms with Gasteiger partial charge in [-0.3, -0.25) is 0 Å². The Kier molecular flexibility index (Phi) is 4.26. The van der Waals surface area contributed by atoms with Gasteiger partial charge in [0.15, 0.2) is 0 Å². The highest BCUT2D eigenvalue weighted by Crippen LogP contribution is 2.31. The molecule has 0 radical (unpaired) electrons. The molecule has 4 nitrogen and oxygen atoms in total. The number of methoxy groups -OCH3 is 1. The largest absolute Gasteiger partial charge is 0.495 e. The summed E-state index contributed by atoms with van der Waals surface area (Å²) in [5.41, 5.74) is 2.50. The lowest BCUT2D eigenvalue weighted by molar-refractivity contribution is 0.416. The number of nitrogens with one attached hydrogen (secondary N) is 1. The molecule has 2 rings (SSSR count). The maximum atomic E-state index is 8.91. The molecule has 2 aromatic rings. The van der Waals surface area contributed by atoms with Crippen molar-refractivity contribution < 1.29 is 4.74 Å². The average molecular weight is 287 g/mol. The molecule has 1 heterocycles. The van der Waals surface area contributed by atoms with Crippen molar-refractivity contribution in [3.63, 3.8) is 0 Å². The van der Waals surface area contributed by atoms with Crippen molar-refractivity contribution >= 4 is 17.0 Å². The van der Waals surface area contributed by atoms with E-state index in [0.717, 1.165) is 16.4 Å². The Balaban J connectivity index is 2.26. The molecule has 1 atom stereocenters. The van der Waals surface area contributed by atoms with E-state index in [2.05, 4.69) is 30.2 Å². The van der Waals surface area contributed by atoms with Gasteiger partial charge < -0.3 is 10.1 Å². The molecule has 5 heteroatoms. The monoisotopic (exact) mass is 287 g/mol. The lowest BCUT2D eigenvalue weighted by atomic mass is 10.1. The Morgan fingerprint density at radius 3 is 2.70 bits per heavy atom. The van der Waals surface area contributed by atoms with Crippen LogP contribution in [0.1, 0.15) is 34.1 Å². The molecule has 0 saturated carbocycles. The van der Waals surface area contributed by atoms with Gasteiger partial charge in [-0.25, -0.2) is 4.98 Å². The van der Waals surface area contributed by atoms with E-state index in [1.807, 2.05) is 13.0 Å². The predicted molar refractivity (Wildman–Crippen MR) is 81.3 cm³/mol. The van der Waals surface area contributed by atoms with E-state index >= 15 is 0 Å². The number of ether oxygens (including phenoxy) is 1. The van der Waals surface area contributed by atoms with E-state index in [1.54, 1.807) is 30.6 Å². The van der Waals surface area contributed by atoms with Crippen LogP contribution in [0.3, 0.4) is 0 Å². The summed E-state index contributed by atoms with van der Waals surface area (Å²) in [6.07, 6.45) is 0. The first-order chi connectivity index (χ1) is 9.55. The Labute approximate surface area is 123 Å². The predicted octanol–water partition coefficient (Wildman–Crippen LogP) is 3.81. The number of anilines is 1. The lowest BCUT2D eigenvalue weighted by Gasteiger charge is -2.17. The summed E-state index contributed by atoms with van der Waals surface area (Å²) in [6, 6.07) is 7.56. The number of aromatic nitrogens is 1. The maximum Gasteiger partial charge on any atom is 0.143 e. The number of hydrogen-bond donors (Lipinski definition) is 1. The van der Waals surface area contributed by atoms with Gasteiger partial charge in [0.1, 0.15) is 5.75 Å². The first-order valence-corrected chi connectivity index (χ1v) is 7.15. The van der Waals surface area contributed by atoms with Gasteiger partial charge in [0.2, 0.25) is 0 Å². The molecule has 104 valence electrons. The van der Waals surface area contributed by atoms with Crippen LogP contribution in [-0.2, 0) is 0 Å². The van der Waals surface area contributed by atoms with Gasteiger partial charge in [-0.1, -0.05) is 0 Å².